The second-order valence-corrected chi connectivity index (χ2v) is 4.89. The first kappa shape index (κ1) is 10.1. The van der Waals surface area contributed by atoms with E-state index in [1.807, 2.05) is 4.72 Å². The smallest absolute Gasteiger partial charge is 0.266 e. The van der Waals surface area contributed by atoms with Crippen LogP contribution in [0, 0.1) is 0 Å². The van der Waals surface area contributed by atoms with E-state index in [4.69, 9.17) is 5.73 Å². The van der Waals surface area contributed by atoms with Crippen LogP contribution in [0.15, 0.2) is 23.1 Å². The van der Waals surface area contributed by atoms with E-state index < -0.39 is 15.9 Å². The summed E-state index contributed by atoms with van der Waals surface area (Å²) >= 11 is 0. The second-order valence-electron chi connectivity index (χ2n) is 3.27. The second kappa shape index (κ2) is 3.32. The Labute approximate surface area is 87.3 Å². The molecular weight excluding hydrogens is 216 g/mol. The van der Waals surface area contributed by atoms with Crippen molar-refractivity contribution in [3.8, 4) is 0 Å². The maximum atomic E-state index is 11.6. The predicted molar refractivity (Wildman–Crippen MR) is 53.9 cm³/mol. The summed E-state index contributed by atoms with van der Waals surface area (Å²) in [6, 6.07) is 4.82. The average molecular weight is 226 g/mol. The number of hydrogen-bond acceptors (Lipinski definition) is 4. The van der Waals surface area contributed by atoms with Gasteiger partial charge in [0.05, 0.1) is 5.56 Å². The number of carbonyl (C=O) groups excluding carboxylic acids is 1. The molecule has 2 rings (SSSR count). The van der Waals surface area contributed by atoms with Crippen molar-refractivity contribution in [2.24, 2.45) is 5.73 Å². The third-order valence-electron chi connectivity index (χ3n) is 2.25. The molecule has 0 saturated carbocycles. The SMILES string of the molecule is NCCc1cccc2c1S(=O)(=O)NC2=O. The van der Waals surface area contributed by atoms with Gasteiger partial charge < -0.3 is 5.73 Å². The van der Waals surface area contributed by atoms with Crippen LogP contribution in [0.2, 0.25) is 0 Å². The lowest BCUT2D eigenvalue weighted by atomic mass is 10.1. The van der Waals surface area contributed by atoms with Crippen molar-refractivity contribution in [1.82, 2.24) is 4.72 Å². The van der Waals surface area contributed by atoms with E-state index >= 15 is 0 Å². The number of rotatable bonds is 2. The van der Waals surface area contributed by atoms with Crippen molar-refractivity contribution in [1.29, 1.82) is 0 Å². The van der Waals surface area contributed by atoms with Crippen LogP contribution in [0.25, 0.3) is 0 Å². The van der Waals surface area contributed by atoms with E-state index in [0.29, 0.717) is 18.5 Å². The maximum absolute atomic E-state index is 11.6. The van der Waals surface area contributed by atoms with E-state index in [-0.39, 0.29) is 10.5 Å². The first-order valence-electron chi connectivity index (χ1n) is 4.45. The summed E-state index contributed by atoms with van der Waals surface area (Å²) in [6.07, 6.45) is 0.442. The van der Waals surface area contributed by atoms with Crippen LogP contribution in [-0.2, 0) is 16.4 Å². The van der Waals surface area contributed by atoms with Gasteiger partial charge in [0.1, 0.15) is 4.90 Å². The largest absolute Gasteiger partial charge is 0.330 e. The molecule has 1 amide bonds. The summed E-state index contributed by atoms with van der Waals surface area (Å²) in [5.74, 6) is -0.566. The number of benzene rings is 1. The summed E-state index contributed by atoms with van der Waals surface area (Å²) in [7, 11) is -3.66. The highest BCUT2D eigenvalue weighted by atomic mass is 32.2. The first-order chi connectivity index (χ1) is 7.06. The average Bonchev–Trinajstić information content (AvgIpc) is 2.39. The molecule has 0 radical (unpaired) electrons. The molecule has 0 atom stereocenters. The molecule has 6 heteroatoms. The van der Waals surface area contributed by atoms with Gasteiger partial charge in [-0.2, -0.15) is 0 Å². The lowest BCUT2D eigenvalue weighted by molar-refractivity contribution is 0.0985. The van der Waals surface area contributed by atoms with Gasteiger partial charge in [-0.05, 0) is 24.6 Å². The highest BCUT2D eigenvalue weighted by molar-refractivity contribution is 7.90. The highest BCUT2D eigenvalue weighted by Crippen LogP contribution is 2.26. The molecule has 0 unspecified atom stereocenters. The molecule has 0 aromatic heterocycles. The number of sulfonamides is 1. The Kier molecular flexibility index (Phi) is 2.24. The first-order valence-corrected chi connectivity index (χ1v) is 5.93. The molecule has 0 saturated heterocycles. The van der Waals surface area contributed by atoms with Gasteiger partial charge >= 0.3 is 0 Å². The van der Waals surface area contributed by atoms with Crippen molar-refractivity contribution < 1.29 is 13.2 Å². The van der Waals surface area contributed by atoms with E-state index in [1.54, 1.807) is 12.1 Å². The standard InChI is InChI=1S/C9H10N2O3S/c10-5-4-6-2-1-3-7-8(6)15(13,14)11-9(7)12/h1-3H,4-5,10H2,(H,11,12). The molecule has 5 nitrogen and oxygen atoms in total. The van der Waals surface area contributed by atoms with E-state index in [9.17, 15) is 13.2 Å². The Morgan fingerprint density at radius 2 is 2.07 bits per heavy atom. The van der Waals surface area contributed by atoms with Crippen LogP contribution >= 0.6 is 0 Å². The Morgan fingerprint density at radius 3 is 2.73 bits per heavy atom. The topological polar surface area (TPSA) is 89.3 Å². The van der Waals surface area contributed by atoms with Crippen LogP contribution in [0.5, 0.6) is 0 Å². The summed E-state index contributed by atoms with van der Waals surface area (Å²) < 4.78 is 25.1. The fraction of sp³-hybridized carbons (Fsp3) is 0.222. The van der Waals surface area contributed by atoms with E-state index in [2.05, 4.69) is 0 Å². The minimum absolute atomic E-state index is 0.0838. The van der Waals surface area contributed by atoms with Gasteiger partial charge in [-0.15, -0.1) is 0 Å². The van der Waals surface area contributed by atoms with Gasteiger partial charge in [-0.3, -0.25) is 4.79 Å². The van der Waals surface area contributed by atoms with Crippen molar-refractivity contribution in [2.75, 3.05) is 6.54 Å². The van der Waals surface area contributed by atoms with Gasteiger partial charge in [0.25, 0.3) is 15.9 Å². The summed E-state index contributed by atoms with van der Waals surface area (Å²) in [6.45, 7) is 0.347. The number of fused-ring (bicyclic) bond motifs is 1. The quantitative estimate of drug-likeness (QED) is 0.719. The van der Waals surface area contributed by atoms with Crippen molar-refractivity contribution in [3.63, 3.8) is 0 Å². The zero-order chi connectivity index (χ0) is 11.1. The van der Waals surface area contributed by atoms with Crippen LogP contribution in [0.4, 0.5) is 0 Å². The third-order valence-corrected chi connectivity index (χ3v) is 3.72. The van der Waals surface area contributed by atoms with Gasteiger partial charge in [0, 0.05) is 0 Å². The Balaban J connectivity index is 2.70. The van der Waals surface area contributed by atoms with Gasteiger partial charge in [0.15, 0.2) is 0 Å². The number of hydrogen-bond donors (Lipinski definition) is 2. The minimum Gasteiger partial charge on any atom is -0.330 e. The van der Waals surface area contributed by atoms with Gasteiger partial charge in [-0.25, -0.2) is 13.1 Å². The zero-order valence-corrected chi connectivity index (χ0v) is 8.67. The number of carbonyl (C=O) groups is 1. The van der Waals surface area contributed by atoms with Crippen LogP contribution < -0.4 is 10.5 Å². The predicted octanol–water partition coefficient (Wildman–Crippen LogP) is -0.380. The molecule has 0 fully saturated rings. The molecule has 0 bridgehead atoms. The lowest BCUT2D eigenvalue weighted by Gasteiger charge is -2.03. The number of nitrogens with two attached hydrogens (primary N) is 1. The molecule has 1 heterocycles. The Hall–Kier alpha value is -1.40. The monoisotopic (exact) mass is 226 g/mol. The summed E-state index contributed by atoms with van der Waals surface area (Å²) in [5, 5.41) is 0. The molecule has 1 aromatic carbocycles. The molecule has 0 spiro atoms. The van der Waals surface area contributed by atoms with Crippen LogP contribution in [-0.4, -0.2) is 20.9 Å². The highest BCUT2D eigenvalue weighted by Gasteiger charge is 2.34. The molecule has 1 aliphatic rings. The fourth-order valence-electron chi connectivity index (χ4n) is 1.66. The van der Waals surface area contributed by atoms with Crippen molar-refractivity contribution in [2.45, 2.75) is 11.3 Å². The molecule has 3 N–H and O–H groups in total. The Bertz CT molecular complexity index is 522. The Morgan fingerprint density at radius 1 is 1.33 bits per heavy atom. The molecular formula is C9H10N2O3S. The fourth-order valence-corrected chi connectivity index (χ4v) is 3.08. The zero-order valence-electron chi connectivity index (χ0n) is 7.86. The molecule has 1 aliphatic heterocycles. The number of nitrogens with one attached hydrogen (secondary N) is 1. The van der Waals surface area contributed by atoms with Crippen LogP contribution in [0.3, 0.4) is 0 Å². The summed E-state index contributed by atoms with van der Waals surface area (Å²) in [4.78, 5) is 11.4. The van der Waals surface area contributed by atoms with Gasteiger partial charge in [0.2, 0.25) is 0 Å². The van der Waals surface area contributed by atoms with Crippen LogP contribution in [0.1, 0.15) is 15.9 Å². The summed E-state index contributed by atoms with van der Waals surface area (Å²) in [5.41, 5.74) is 6.18. The normalized spacial score (nSPS) is 17.3. The molecule has 0 aliphatic carbocycles. The lowest BCUT2D eigenvalue weighted by Crippen LogP contribution is -2.21. The molecule has 15 heavy (non-hydrogen) atoms. The van der Waals surface area contributed by atoms with Crippen molar-refractivity contribution >= 4 is 15.9 Å². The molecule has 1 aromatic rings. The maximum Gasteiger partial charge on any atom is 0.266 e. The van der Waals surface area contributed by atoms with E-state index in [0.717, 1.165) is 0 Å². The molecule has 80 valence electrons. The van der Waals surface area contributed by atoms with Gasteiger partial charge in [-0.1, -0.05) is 12.1 Å². The number of amides is 1. The van der Waals surface area contributed by atoms with E-state index in [1.165, 1.54) is 6.07 Å². The minimum atomic E-state index is -3.66. The van der Waals surface area contributed by atoms with Crippen molar-refractivity contribution in [3.05, 3.63) is 29.3 Å². The third kappa shape index (κ3) is 1.51.